The third-order valence-corrected chi connectivity index (χ3v) is 3.65. The fraction of sp³-hybridized carbons (Fsp3) is 0.333. The monoisotopic (exact) mass is 372 g/mol. The molecule has 26 heavy (non-hydrogen) atoms. The number of hydrogen-bond acceptors (Lipinski definition) is 5. The quantitative estimate of drug-likeness (QED) is 0.724. The van der Waals surface area contributed by atoms with Gasteiger partial charge in [0.05, 0.1) is 28.4 Å². The Balaban J connectivity index is 2.43. The van der Waals surface area contributed by atoms with Crippen molar-refractivity contribution < 1.29 is 36.9 Å². The topological polar surface area (TPSA) is 46.2 Å². The van der Waals surface area contributed by atoms with E-state index < -0.39 is 17.5 Å². The van der Waals surface area contributed by atoms with Gasteiger partial charge in [-0.05, 0) is 18.2 Å². The van der Waals surface area contributed by atoms with E-state index in [2.05, 4.69) is 0 Å². The molecule has 2 aromatic rings. The highest BCUT2D eigenvalue weighted by Crippen LogP contribution is 2.45. The van der Waals surface area contributed by atoms with E-state index in [0.29, 0.717) is 17.1 Å². The summed E-state index contributed by atoms with van der Waals surface area (Å²) in [5.41, 5.74) is -0.482. The first kappa shape index (κ1) is 19.6. The molecular formula is C18H19F3O5. The second-order valence-electron chi connectivity index (χ2n) is 5.17. The molecule has 8 heteroatoms. The van der Waals surface area contributed by atoms with Crippen LogP contribution in [0, 0.1) is 0 Å². The van der Waals surface area contributed by atoms with Crippen molar-refractivity contribution in [3.05, 3.63) is 41.5 Å². The first-order valence-corrected chi connectivity index (χ1v) is 7.51. The van der Waals surface area contributed by atoms with Crippen LogP contribution in [0.15, 0.2) is 30.3 Å². The van der Waals surface area contributed by atoms with Crippen LogP contribution in [0.5, 0.6) is 28.7 Å². The van der Waals surface area contributed by atoms with Gasteiger partial charge in [0.25, 0.3) is 0 Å². The molecule has 2 aromatic carbocycles. The van der Waals surface area contributed by atoms with E-state index in [4.69, 9.17) is 23.7 Å². The molecule has 0 radical (unpaired) electrons. The van der Waals surface area contributed by atoms with E-state index in [-0.39, 0.29) is 18.1 Å². The maximum absolute atomic E-state index is 13.5. The Bertz CT molecular complexity index is 759. The van der Waals surface area contributed by atoms with Gasteiger partial charge < -0.3 is 23.7 Å². The molecule has 0 aromatic heterocycles. The summed E-state index contributed by atoms with van der Waals surface area (Å²) >= 11 is 0. The van der Waals surface area contributed by atoms with E-state index in [1.165, 1.54) is 21.3 Å². The normalized spacial score (nSPS) is 11.0. The fourth-order valence-electron chi connectivity index (χ4n) is 2.39. The maximum atomic E-state index is 13.5. The van der Waals surface area contributed by atoms with E-state index in [9.17, 15) is 13.2 Å². The molecule has 0 saturated carbocycles. The van der Waals surface area contributed by atoms with Crippen LogP contribution in [-0.2, 0) is 12.8 Å². The van der Waals surface area contributed by atoms with Crippen molar-refractivity contribution >= 4 is 0 Å². The Kier molecular flexibility index (Phi) is 6.07. The molecule has 0 aliphatic carbocycles. The second kappa shape index (κ2) is 8.07. The first-order chi connectivity index (χ1) is 12.3. The molecule has 0 fully saturated rings. The van der Waals surface area contributed by atoms with Gasteiger partial charge in [-0.2, -0.15) is 13.2 Å². The highest BCUT2D eigenvalue weighted by atomic mass is 19.4. The van der Waals surface area contributed by atoms with Gasteiger partial charge in [0.2, 0.25) is 0 Å². The Morgan fingerprint density at radius 2 is 1.35 bits per heavy atom. The molecule has 0 atom stereocenters. The van der Waals surface area contributed by atoms with Crippen LogP contribution < -0.4 is 23.7 Å². The number of benzene rings is 2. The van der Waals surface area contributed by atoms with Crippen LogP contribution in [0.3, 0.4) is 0 Å². The molecule has 0 aliphatic heterocycles. The predicted molar refractivity (Wildman–Crippen MR) is 88.4 cm³/mol. The third kappa shape index (κ3) is 4.25. The smallest absolute Gasteiger partial charge is 0.423 e. The van der Waals surface area contributed by atoms with E-state index in [1.54, 1.807) is 18.2 Å². The number of rotatable bonds is 7. The van der Waals surface area contributed by atoms with Crippen molar-refractivity contribution in [2.45, 2.75) is 12.8 Å². The van der Waals surface area contributed by atoms with E-state index in [1.807, 2.05) is 0 Å². The molecule has 142 valence electrons. The van der Waals surface area contributed by atoms with Crippen LogP contribution >= 0.6 is 0 Å². The maximum Gasteiger partial charge on any atom is 0.423 e. The Morgan fingerprint density at radius 1 is 0.731 bits per heavy atom. The number of ether oxygens (including phenoxy) is 5. The summed E-state index contributed by atoms with van der Waals surface area (Å²) < 4.78 is 66.1. The Labute approximate surface area is 149 Å². The largest absolute Gasteiger partial charge is 0.497 e. The standard InChI is InChI=1S/C18H19F3O5/c1-22-12-5-6-14(24-3)11(7-12)10-26-16-9-13(23-2)8-15(25-4)17(16)18(19,20)21/h5-9H,10H2,1-4H3. The summed E-state index contributed by atoms with van der Waals surface area (Å²) in [4.78, 5) is 0. The van der Waals surface area contributed by atoms with Gasteiger partial charge in [-0.25, -0.2) is 0 Å². The second-order valence-corrected chi connectivity index (χ2v) is 5.17. The fourth-order valence-corrected chi connectivity index (χ4v) is 2.39. The molecule has 0 saturated heterocycles. The first-order valence-electron chi connectivity index (χ1n) is 7.51. The predicted octanol–water partition coefficient (Wildman–Crippen LogP) is 4.32. The summed E-state index contributed by atoms with van der Waals surface area (Å²) in [6.07, 6.45) is -4.66. The average Bonchev–Trinajstić information content (AvgIpc) is 2.64. The summed E-state index contributed by atoms with van der Waals surface area (Å²) in [7, 11) is 5.44. The highest BCUT2D eigenvalue weighted by molar-refractivity contribution is 5.52. The highest BCUT2D eigenvalue weighted by Gasteiger charge is 2.39. The minimum absolute atomic E-state index is 0.167. The van der Waals surface area contributed by atoms with Gasteiger partial charge in [0, 0.05) is 17.7 Å². The zero-order chi connectivity index (χ0) is 19.3. The summed E-state index contributed by atoms with van der Waals surface area (Å²) in [5.74, 6) is 0.392. The van der Waals surface area contributed by atoms with E-state index >= 15 is 0 Å². The van der Waals surface area contributed by atoms with Crippen LogP contribution in [0.1, 0.15) is 11.1 Å². The molecule has 0 unspecified atom stereocenters. The lowest BCUT2D eigenvalue weighted by molar-refractivity contribution is -0.140. The minimum Gasteiger partial charge on any atom is -0.497 e. The van der Waals surface area contributed by atoms with Crippen molar-refractivity contribution in [2.24, 2.45) is 0 Å². The van der Waals surface area contributed by atoms with Gasteiger partial charge >= 0.3 is 6.18 Å². The van der Waals surface area contributed by atoms with Crippen molar-refractivity contribution in [3.8, 4) is 28.7 Å². The van der Waals surface area contributed by atoms with Gasteiger partial charge in [-0.3, -0.25) is 0 Å². The summed E-state index contributed by atoms with van der Waals surface area (Å²) in [5, 5.41) is 0. The van der Waals surface area contributed by atoms with Crippen LogP contribution in [0.2, 0.25) is 0 Å². The SMILES string of the molecule is COc1ccc(OC)c(COc2cc(OC)cc(OC)c2C(F)(F)F)c1. The van der Waals surface area contributed by atoms with Crippen LogP contribution in [0.4, 0.5) is 13.2 Å². The number of halogens is 3. The number of hydrogen-bond donors (Lipinski definition) is 0. The zero-order valence-electron chi connectivity index (χ0n) is 14.8. The molecule has 0 aliphatic rings. The molecule has 5 nitrogen and oxygen atoms in total. The van der Waals surface area contributed by atoms with Crippen molar-refractivity contribution in [1.29, 1.82) is 0 Å². The summed E-state index contributed by atoms with van der Waals surface area (Å²) in [6.45, 7) is -0.167. The molecule has 0 spiro atoms. The number of methoxy groups -OCH3 is 4. The Morgan fingerprint density at radius 3 is 1.88 bits per heavy atom. The lowest BCUT2D eigenvalue weighted by Gasteiger charge is -2.19. The average molecular weight is 372 g/mol. The summed E-state index contributed by atoms with van der Waals surface area (Å²) in [6, 6.07) is 7.27. The molecule has 0 bridgehead atoms. The van der Waals surface area contributed by atoms with Gasteiger partial charge in [-0.15, -0.1) is 0 Å². The molecule has 0 heterocycles. The zero-order valence-corrected chi connectivity index (χ0v) is 14.8. The van der Waals surface area contributed by atoms with Gasteiger partial charge in [0.1, 0.15) is 40.9 Å². The molecule has 2 rings (SSSR count). The van der Waals surface area contributed by atoms with Gasteiger partial charge in [-0.1, -0.05) is 0 Å². The Hall–Kier alpha value is -2.77. The minimum atomic E-state index is -4.66. The van der Waals surface area contributed by atoms with Crippen LogP contribution in [0.25, 0.3) is 0 Å². The third-order valence-electron chi connectivity index (χ3n) is 3.65. The molecular weight excluding hydrogens is 353 g/mol. The molecule has 0 amide bonds. The van der Waals surface area contributed by atoms with Crippen molar-refractivity contribution in [3.63, 3.8) is 0 Å². The van der Waals surface area contributed by atoms with Gasteiger partial charge in [0.15, 0.2) is 0 Å². The lowest BCUT2D eigenvalue weighted by Crippen LogP contribution is -2.11. The van der Waals surface area contributed by atoms with Crippen molar-refractivity contribution in [1.82, 2.24) is 0 Å². The van der Waals surface area contributed by atoms with Crippen LogP contribution in [-0.4, -0.2) is 28.4 Å². The molecule has 0 N–H and O–H groups in total. The lowest BCUT2D eigenvalue weighted by atomic mass is 10.1. The number of alkyl halides is 3. The van der Waals surface area contributed by atoms with E-state index in [0.717, 1.165) is 19.2 Å². The van der Waals surface area contributed by atoms with Crippen molar-refractivity contribution in [2.75, 3.05) is 28.4 Å².